The third-order valence-corrected chi connectivity index (χ3v) is 6.75. The molecule has 0 aromatic heterocycles. The van der Waals surface area contributed by atoms with Crippen LogP contribution in [-0.2, 0) is 14.3 Å². The molecule has 2 amide bonds. The molecule has 0 radical (unpaired) electrons. The fraction of sp³-hybridized carbons (Fsp3) is 0.522. The van der Waals surface area contributed by atoms with E-state index in [9.17, 15) is 14.4 Å². The van der Waals surface area contributed by atoms with Gasteiger partial charge in [-0.1, -0.05) is 13.0 Å². The largest absolute Gasteiger partial charge is 0.467 e. The van der Waals surface area contributed by atoms with Crippen molar-refractivity contribution in [3.63, 3.8) is 0 Å². The molecule has 3 rings (SSSR count). The molecule has 1 aromatic rings. The van der Waals surface area contributed by atoms with Gasteiger partial charge in [-0.2, -0.15) is 0 Å². The normalized spacial score (nSPS) is 23.2. The predicted molar refractivity (Wildman–Crippen MR) is 120 cm³/mol. The van der Waals surface area contributed by atoms with E-state index in [4.69, 9.17) is 0 Å². The minimum atomic E-state index is -0.946. The Kier molecular flexibility index (Phi) is 6.05. The maximum absolute atomic E-state index is 12.8. The number of imide groups is 1. The summed E-state index contributed by atoms with van der Waals surface area (Å²) in [6, 6.07) is 5.63. The Balaban J connectivity index is 1.95. The number of nitrogens with zero attached hydrogens (tertiary/aromatic N) is 2. The lowest BCUT2D eigenvalue weighted by Gasteiger charge is -2.50. The molecule has 1 fully saturated rings. The number of ether oxygens (including phenoxy) is 1. The third kappa shape index (κ3) is 3.87. The molecular weight excluding hydrogens is 400 g/mol. The minimum absolute atomic E-state index is 0.0643. The van der Waals surface area contributed by atoms with Gasteiger partial charge in [-0.25, -0.2) is 4.79 Å². The average molecular weight is 431 g/mol. The number of methoxy groups -OCH3 is 1. The number of hydrogen-bond donors (Lipinski definition) is 0. The fourth-order valence-electron chi connectivity index (χ4n) is 4.78. The molecule has 7 heteroatoms. The number of amides is 2. The Labute approximate surface area is 182 Å². The van der Waals surface area contributed by atoms with Crippen molar-refractivity contribution in [1.29, 1.82) is 0 Å². The number of hydrogen-bond acceptors (Lipinski definition) is 6. The molecule has 2 heterocycles. The van der Waals surface area contributed by atoms with Crippen LogP contribution in [0.15, 0.2) is 23.1 Å². The van der Waals surface area contributed by atoms with E-state index in [2.05, 4.69) is 56.4 Å². The second-order valence-electron chi connectivity index (χ2n) is 8.95. The number of fused-ring (bicyclic) bond motifs is 1. The van der Waals surface area contributed by atoms with Crippen molar-refractivity contribution in [1.82, 2.24) is 4.90 Å². The van der Waals surface area contributed by atoms with E-state index in [1.54, 1.807) is 6.08 Å². The summed E-state index contributed by atoms with van der Waals surface area (Å²) in [6.45, 7) is 12.7. The maximum atomic E-state index is 12.8. The number of anilines is 1. The highest BCUT2D eigenvalue weighted by Gasteiger charge is 2.41. The topological polar surface area (TPSA) is 66.9 Å². The Bertz CT molecular complexity index is 922. The van der Waals surface area contributed by atoms with Gasteiger partial charge in [0.1, 0.15) is 6.04 Å². The average Bonchev–Trinajstić information content (AvgIpc) is 2.93. The molecule has 2 aliphatic heterocycles. The summed E-state index contributed by atoms with van der Waals surface area (Å²) in [7, 11) is 1.24. The van der Waals surface area contributed by atoms with Crippen LogP contribution in [0, 0.1) is 0 Å². The van der Waals surface area contributed by atoms with Crippen molar-refractivity contribution >= 4 is 40.6 Å². The van der Waals surface area contributed by atoms with Crippen LogP contribution >= 0.6 is 11.8 Å². The maximum Gasteiger partial charge on any atom is 0.328 e. The third-order valence-electron chi connectivity index (χ3n) is 5.87. The summed E-state index contributed by atoms with van der Waals surface area (Å²) < 4.78 is 4.68. The van der Waals surface area contributed by atoms with Crippen LogP contribution in [0.4, 0.5) is 10.5 Å². The smallest absolute Gasteiger partial charge is 0.328 e. The van der Waals surface area contributed by atoms with E-state index in [1.807, 2.05) is 6.07 Å². The lowest BCUT2D eigenvalue weighted by molar-refractivity contribution is -0.148. The molecule has 30 heavy (non-hydrogen) atoms. The number of carbonyl (C=O) groups is 3. The highest BCUT2D eigenvalue weighted by atomic mass is 32.2. The molecular formula is C23H30N2O4S. The Morgan fingerprint density at radius 3 is 2.53 bits per heavy atom. The van der Waals surface area contributed by atoms with Gasteiger partial charge in [0, 0.05) is 17.3 Å². The zero-order valence-corrected chi connectivity index (χ0v) is 19.5. The van der Waals surface area contributed by atoms with Crippen LogP contribution in [0.2, 0.25) is 0 Å². The molecule has 2 aliphatic rings. The quantitative estimate of drug-likeness (QED) is 0.506. The zero-order chi connectivity index (χ0) is 22.4. The van der Waals surface area contributed by atoms with Crippen LogP contribution < -0.4 is 4.90 Å². The Morgan fingerprint density at radius 1 is 1.27 bits per heavy atom. The first-order chi connectivity index (χ1) is 14.0. The highest BCUT2D eigenvalue weighted by Crippen LogP contribution is 2.45. The van der Waals surface area contributed by atoms with Crippen LogP contribution in [0.5, 0.6) is 0 Å². The van der Waals surface area contributed by atoms with Crippen molar-refractivity contribution in [2.45, 2.75) is 71.5 Å². The monoisotopic (exact) mass is 430 g/mol. The van der Waals surface area contributed by atoms with Gasteiger partial charge in [-0.3, -0.25) is 14.5 Å². The summed E-state index contributed by atoms with van der Waals surface area (Å²) in [4.78, 5) is 40.6. The molecule has 0 unspecified atom stereocenters. The van der Waals surface area contributed by atoms with E-state index in [0.717, 1.165) is 28.6 Å². The first-order valence-corrected chi connectivity index (χ1v) is 11.1. The molecule has 162 valence electrons. The number of thioether (sulfide) groups is 1. The number of carbonyl (C=O) groups excluding carboxylic acids is 3. The zero-order valence-electron chi connectivity index (χ0n) is 18.7. The first kappa shape index (κ1) is 22.4. The minimum Gasteiger partial charge on any atom is -0.467 e. The summed E-state index contributed by atoms with van der Waals surface area (Å²) >= 11 is 0.857. The van der Waals surface area contributed by atoms with E-state index in [1.165, 1.54) is 25.3 Å². The van der Waals surface area contributed by atoms with Gasteiger partial charge in [0.2, 0.25) is 0 Å². The molecule has 0 saturated carbocycles. The molecule has 0 N–H and O–H groups in total. The van der Waals surface area contributed by atoms with Crippen LogP contribution in [0.25, 0.3) is 6.08 Å². The van der Waals surface area contributed by atoms with Gasteiger partial charge >= 0.3 is 5.97 Å². The molecule has 6 nitrogen and oxygen atoms in total. The Hall–Kier alpha value is -2.28. The van der Waals surface area contributed by atoms with Gasteiger partial charge in [-0.15, -0.1) is 0 Å². The van der Waals surface area contributed by atoms with Gasteiger partial charge in [-0.05, 0) is 88.1 Å². The fourth-order valence-corrected chi connectivity index (χ4v) is 5.69. The van der Waals surface area contributed by atoms with Crippen molar-refractivity contribution in [3.8, 4) is 0 Å². The van der Waals surface area contributed by atoms with E-state index < -0.39 is 23.2 Å². The summed E-state index contributed by atoms with van der Waals surface area (Å²) in [5, 5.41) is -0.455. The number of benzene rings is 1. The van der Waals surface area contributed by atoms with Crippen molar-refractivity contribution in [2.24, 2.45) is 0 Å². The van der Waals surface area contributed by atoms with E-state index >= 15 is 0 Å². The molecule has 0 spiro atoms. The lowest BCUT2D eigenvalue weighted by Crippen LogP contribution is -2.51. The molecule has 1 aromatic carbocycles. The molecule has 1 saturated heterocycles. The lowest BCUT2D eigenvalue weighted by atomic mass is 9.79. The van der Waals surface area contributed by atoms with Crippen LogP contribution in [0.3, 0.4) is 0 Å². The van der Waals surface area contributed by atoms with Gasteiger partial charge in [0.05, 0.1) is 12.0 Å². The summed E-state index contributed by atoms with van der Waals surface area (Å²) in [5.74, 6) is -0.691. The van der Waals surface area contributed by atoms with Gasteiger partial charge in [0.25, 0.3) is 11.1 Å². The standard InChI is InChI=1S/C23H30N2O4S/c1-13(2)25-18-9-8-16(10-17(18)14(3)12-23(25,5)6)11-19-20(26)24(22(28)30-19)15(4)21(27)29-7/h8-11,13-15H,12H2,1-7H3/b19-11+/t14-,15+/m0/s1. The van der Waals surface area contributed by atoms with E-state index in [-0.39, 0.29) is 5.54 Å². The highest BCUT2D eigenvalue weighted by molar-refractivity contribution is 8.18. The molecule has 0 bridgehead atoms. The number of esters is 1. The SMILES string of the molecule is COC(=O)[C@@H](C)N1C(=O)S/C(=C/c2ccc3c(c2)[C@@H](C)CC(C)(C)N3C(C)C)C1=O. The molecule has 2 atom stereocenters. The van der Waals surface area contributed by atoms with Crippen molar-refractivity contribution in [2.75, 3.05) is 12.0 Å². The summed E-state index contributed by atoms with van der Waals surface area (Å²) in [6.07, 6.45) is 2.77. The number of rotatable bonds is 4. The van der Waals surface area contributed by atoms with Crippen molar-refractivity contribution in [3.05, 3.63) is 34.2 Å². The molecule has 0 aliphatic carbocycles. The van der Waals surface area contributed by atoms with Gasteiger partial charge in [0.15, 0.2) is 0 Å². The first-order valence-electron chi connectivity index (χ1n) is 10.3. The van der Waals surface area contributed by atoms with Gasteiger partial charge < -0.3 is 9.64 Å². The second-order valence-corrected chi connectivity index (χ2v) is 9.94. The summed E-state index contributed by atoms with van der Waals surface area (Å²) in [5.41, 5.74) is 3.41. The van der Waals surface area contributed by atoms with Crippen LogP contribution in [-0.4, -0.2) is 46.7 Å². The Morgan fingerprint density at radius 2 is 1.93 bits per heavy atom. The second kappa shape index (κ2) is 8.10. The van der Waals surface area contributed by atoms with Crippen molar-refractivity contribution < 1.29 is 19.1 Å². The van der Waals surface area contributed by atoms with Crippen LogP contribution in [0.1, 0.15) is 65.0 Å². The predicted octanol–water partition coefficient (Wildman–Crippen LogP) is 4.79. The van der Waals surface area contributed by atoms with E-state index in [0.29, 0.717) is 16.9 Å².